The highest BCUT2D eigenvalue weighted by Crippen LogP contribution is 2.34. The summed E-state index contributed by atoms with van der Waals surface area (Å²) >= 11 is 5.80. The highest BCUT2D eigenvalue weighted by atomic mass is 35.5. The summed E-state index contributed by atoms with van der Waals surface area (Å²) in [7, 11) is 1.19. The van der Waals surface area contributed by atoms with Crippen molar-refractivity contribution in [3.63, 3.8) is 0 Å². The van der Waals surface area contributed by atoms with Crippen molar-refractivity contribution in [2.24, 2.45) is 0 Å². The summed E-state index contributed by atoms with van der Waals surface area (Å²) in [5.74, 6) is -1.82. The van der Waals surface area contributed by atoms with E-state index in [1.54, 1.807) is 12.1 Å². The molecule has 1 rings (SSSR count). The van der Waals surface area contributed by atoms with Gasteiger partial charge >= 0.3 is 5.97 Å². The molecule has 0 radical (unpaired) electrons. The van der Waals surface area contributed by atoms with E-state index in [9.17, 15) is 4.79 Å². The number of hydrogen-bond donors (Lipinski definition) is 0. The summed E-state index contributed by atoms with van der Waals surface area (Å²) in [5, 5.41) is 9.11. The molecule has 0 saturated carbocycles. The van der Waals surface area contributed by atoms with E-state index in [-0.39, 0.29) is 16.3 Å². The molecule has 0 heterocycles. The van der Waals surface area contributed by atoms with Gasteiger partial charge in [0.1, 0.15) is 0 Å². The lowest BCUT2D eigenvalue weighted by atomic mass is 9.99. The minimum Gasteiger partial charge on any atom is -0.468 e. The van der Waals surface area contributed by atoms with Gasteiger partial charge in [-0.05, 0) is 5.56 Å². The van der Waals surface area contributed by atoms with E-state index in [0.717, 1.165) is 0 Å². The molecule has 1 atom stereocenters. The van der Waals surface area contributed by atoms with E-state index in [2.05, 4.69) is 9.58 Å². The Labute approximate surface area is 97.8 Å². The molecule has 0 spiro atoms. The first-order valence-electron chi connectivity index (χ1n) is 4.29. The molecule has 16 heavy (non-hydrogen) atoms. The number of methoxy groups -OCH3 is 1. The van der Waals surface area contributed by atoms with E-state index in [1.165, 1.54) is 19.2 Å². The first-order valence-corrected chi connectivity index (χ1v) is 4.66. The molecule has 1 aromatic carbocycles. The Balaban J connectivity index is 3.33. The Hall–Kier alpha value is -2.04. The number of esters is 1. The smallest absolute Gasteiger partial charge is 0.326 e. The summed E-state index contributed by atoms with van der Waals surface area (Å²) < 4.78 is 4.49. The van der Waals surface area contributed by atoms with Crippen LogP contribution >= 0.6 is 11.6 Å². The van der Waals surface area contributed by atoms with Gasteiger partial charge in [-0.1, -0.05) is 29.8 Å². The second kappa shape index (κ2) is 5.16. The van der Waals surface area contributed by atoms with Crippen LogP contribution in [-0.4, -0.2) is 13.1 Å². The summed E-state index contributed by atoms with van der Waals surface area (Å²) in [6.07, 6.45) is 0. The van der Waals surface area contributed by atoms with Gasteiger partial charge in [-0.25, -0.2) is 4.85 Å². The molecule has 0 bridgehead atoms. The van der Waals surface area contributed by atoms with Gasteiger partial charge in [-0.15, -0.1) is 0 Å². The molecule has 0 amide bonds. The largest absolute Gasteiger partial charge is 0.468 e. The Bertz CT molecular complexity index is 500. The predicted octanol–water partition coefficient (Wildman–Crippen LogP) is 2.67. The quantitative estimate of drug-likeness (QED) is 0.584. The molecule has 0 N–H and O–H groups in total. The number of para-hydroxylation sites is 1. The van der Waals surface area contributed by atoms with Gasteiger partial charge < -0.3 is 4.74 Å². The fraction of sp³-hybridized carbons (Fsp3) is 0.182. The van der Waals surface area contributed by atoms with Crippen molar-refractivity contribution in [3.05, 3.63) is 40.2 Å². The number of rotatable bonds is 2. The fourth-order valence-electron chi connectivity index (χ4n) is 1.25. The molecule has 5 heteroatoms. The molecule has 0 aromatic heterocycles. The van der Waals surface area contributed by atoms with Crippen LogP contribution in [0.1, 0.15) is 11.5 Å². The zero-order valence-corrected chi connectivity index (χ0v) is 9.15. The lowest BCUT2D eigenvalue weighted by Gasteiger charge is -2.09. The molecule has 0 aliphatic carbocycles. The molecule has 80 valence electrons. The highest BCUT2D eigenvalue weighted by molar-refractivity contribution is 6.33. The summed E-state index contributed by atoms with van der Waals surface area (Å²) in [6, 6.07) is 6.43. The van der Waals surface area contributed by atoms with Gasteiger partial charge in [0.15, 0.2) is 5.92 Å². The summed E-state index contributed by atoms with van der Waals surface area (Å²) in [4.78, 5) is 14.5. The zero-order chi connectivity index (χ0) is 12.1. The molecule has 0 saturated heterocycles. The van der Waals surface area contributed by atoms with Crippen molar-refractivity contribution in [2.75, 3.05) is 7.11 Å². The van der Waals surface area contributed by atoms with Crippen molar-refractivity contribution in [2.45, 2.75) is 5.92 Å². The van der Waals surface area contributed by atoms with Crippen molar-refractivity contribution < 1.29 is 9.53 Å². The van der Waals surface area contributed by atoms with Crippen LogP contribution in [0.4, 0.5) is 5.69 Å². The minimum absolute atomic E-state index is 0.112. The van der Waals surface area contributed by atoms with Crippen LogP contribution in [-0.2, 0) is 9.53 Å². The third-order valence-electron chi connectivity index (χ3n) is 2.01. The number of carbonyl (C=O) groups is 1. The maximum absolute atomic E-state index is 11.3. The molecular formula is C11H7ClN2O2. The lowest BCUT2D eigenvalue weighted by Crippen LogP contribution is -2.12. The molecule has 0 fully saturated rings. The standard InChI is InChI=1S/C11H7ClN2O2/c1-14-10-7(4-3-5-9(10)12)8(6-13)11(15)16-2/h3-5,8H,2H3. The van der Waals surface area contributed by atoms with Gasteiger partial charge in [0.25, 0.3) is 0 Å². The van der Waals surface area contributed by atoms with E-state index in [4.69, 9.17) is 23.4 Å². The number of benzene rings is 1. The maximum Gasteiger partial charge on any atom is 0.326 e. The fourth-order valence-corrected chi connectivity index (χ4v) is 1.47. The highest BCUT2D eigenvalue weighted by Gasteiger charge is 2.24. The molecule has 4 nitrogen and oxygen atoms in total. The molecular weight excluding hydrogens is 228 g/mol. The van der Waals surface area contributed by atoms with E-state index < -0.39 is 11.9 Å². The normalized spacial score (nSPS) is 11.0. The van der Waals surface area contributed by atoms with Crippen LogP contribution in [0.3, 0.4) is 0 Å². The van der Waals surface area contributed by atoms with Gasteiger partial charge in [-0.2, -0.15) is 5.26 Å². The average Bonchev–Trinajstić information content (AvgIpc) is 2.30. The molecule has 0 aliphatic heterocycles. The van der Waals surface area contributed by atoms with Crippen LogP contribution in [0.25, 0.3) is 4.85 Å². The molecule has 1 unspecified atom stereocenters. The van der Waals surface area contributed by atoms with Crippen molar-refractivity contribution in [3.8, 4) is 6.07 Å². The second-order valence-corrected chi connectivity index (χ2v) is 3.28. The number of nitriles is 1. The van der Waals surface area contributed by atoms with Crippen molar-refractivity contribution in [1.29, 1.82) is 5.26 Å². The van der Waals surface area contributed by atoms with Crippen LogP contribution < -0.4 is 0 Å². The Morgan fingerprint density at radius 1 is 1.69 bits per heavy atom. The molecule has 1 aromatic rings. The first-order chi connectivity index (χ1) is 7.65. The van der Waals surface area contributed by atoms with Crippen LogP contribution in [0.15, 0.2) is 18.2 Å². The Kier molecular flexibility index (Phi) is 3.88. The third kappa shape index (κ3) is 2.13. The lowest BCUT2D eigenvalue weighted by molar-refractivity contribution is -0.140. The molecule has 0 aliphatic rings. The van der Waals surface area contributed by atoms with E-state index >= 15 is 0 Å². The van der Waals surface area contributed by atoms with Crippen molar-refractivity contribution in [1.82, 2.24) is 0 Å². The third-order valence-corrected chi connectivity index (χ3v) is 2.31. The van der Waals surface area contributed by atoms with E-state index in [0.29, 0.717) is 0 Å². The topological polar surface area (TPSA) is 54.5 Å². The summed E-state index contributed by atoms with van der Waals surface area (Å²) in [6.45, 7) is 6.97. The number of hydrogen-bond acceptors (Lipinski definition) is 3. The zero-order valence-electron chi connectivity index (χ0n) is 8.40. The monoisotopic (exact) mass is 234 g/mol. The number of nitrogens with zero attached hydrogens (tertiary/aromatic N) is 2. The minimum atomic E-state index is -1.12. The van der Waals surface area contributed by atoms with Gasteiger partial charge in [-0.3, -0.25) is 4.79 Å². The number of carbonyl (C=O) groups excluding carboxylic acids is 1. The van der Waals surface area contributed by atoms with Crippen LogP contribution in [0.5, 0.6) is 0 Å². The second-order valence-electron chi connectivity index (χ2n) is 2.87. The SMILES string of the molecule is [C-]#[N+]c1c(Cl)cccc1C(C#N)C(=O)OC. The maximum atomic E-state index is 11.3. The Morgan fingerprint density at radius 2 is 2.38 bits per heavy atom. The van der Waals surface area contributed by atoms with Gasteiger partial charge in [0.2, 0.25) is 5.69 Å². The van der Waals surface area contributed by atoms with Crippen LogP contribution in [0, 0.1) is 17.9 Å². The van der Waals surface area contributed by atoms with Gasteiger partial charge in [0, 0.05) is 5.02 Å². The first kappa shape index (κ1) is 12.0. The number of halogens is 1. The average molecular weight is 235 g/mol. The van der Waals surface area contributed by atoms with Gasteiger partial charge in [0.05, 0.1) is 19.8 Å². The Morgan fingerprint density at radius 3 is 2.88 bits per heavy atom. The number of ether oxygens (including phenoxy) is 1. The summed E-state index contributed by atoms with van der Waals surface area (Å²) in [5.41, 5.74) is 0.387. The van der Waals surface area contributed by atoms with Crippen molar-refractivity contribution >= 4 is 23.3 Å². The van der Waals surface area contributed by atoms with Crippen LogP contribution in [0.2, 0.25) is 5.02 Å². The predicted molar refractivity (Wildman–Crippen MR) is 58.1 cm³/mol. The van der Waals surface area contributed by atoms with E-state index in [1.807, 2.05) is 0 Å².